The Balaban J connectivity index is 2.95. The summed E-state index contributed by atoms with van der Waals surface area (Å²) < 4.78 is 5.12. The van der Waals surface area contributed by atoms with Crippen molar-refractivity contribution in [3.8, 4) is 0 Å². The lowest BCUT2D eigenvalue weighted by molar-refractivity contribution is 0.0842. The Morgan fingerprint density at radius 3 is 2.38 bits per heavy atom. The number of likely N-dealkylation sites (N-methyl/N-ethyl adjacent to an activating group) is 1. The van der Waals surface area contributed by atoms with Crippen molar-refractivity contribution >= 4 is 0 Å². The van der Waals surface area contributed by atoms with E-state index in [-0.39, 0.29) is 11.6 Å². The van der Waals surface area contributed by atoms with Crippen LogP contribution >= 0.6 is 0 Å². The van der Waals surface area contributed by atoms with E-state index in [0.29, 0.717) is 0 Å². The molecule has 0 aliphatic heterocycles. The average Bonchev–Trinajstić information content (AvgIpc) is 2.82. The number of rotatable bonds is 6. The van der Waals surface area contributed by atoms with Crippen molar-refractivity contribution in [3.05, 3.63) is 24.2 Å². The molecule has 0 aliphatic carbocycles. The Bertz CT molecular complexity index is 293. The minimum atomic E-state index is -0.00657. The summed E-state index contributed by atoms with van der Waals surface area (Å²) in [6.07, 6.45) is 4.47. The van der Waals surface area contributed by atoms with Gasteiger partial charge in [0, 0.05) is 11.1 Å². The summed E-state index contributed by atoms with van der Waals surface area (Å²) in [5.74, 6) is 0. The van der Waals surface area contributed by atoms with Gasteiger partial charge in [0.1, 0.15) is 0 Å². The molecule has 0 saturated heterocycles. The number of nitrogens with two attached hydrogens (primary N) is 1. The van der Waals surface area contributed by atoms with Gasteiger partial charge >= 0.3 is 0 Å². The zero-order chi connectivity index (χ0) is 12.2. The van der Waals surface area contributed by atoms with Crippen molar-refractivity contribution in [2.75, 3.05) is 13.1 Å². The van der Waals surface area contributed by atoms with Crippen LogP contribution < -0.4 is 5.73 Å². The van der Waals surface area contributed by atoms with Crippen LogP contribution in [0.25, 0.3) is 0 Å². The fourth-order valence-corrected chi connectivity index (χ4v) is 2.40. The normalized spacial score (nSPS) is 17.4. The van der Waals surface area contributed by atoms with Crippen LogP contribution in [-0.4, -0.2) is 23.5 Å². The van der Waals surface area contributed by atoms with E-state index in [2.05, 4.69) is 32.6 Å². The second kappa shape index (κ2) is 5.51. The Hall–Kier alpha value is -0.800. The molecule has 2 atom stereocenters. The van der Waals surface area contributed by atoms with Gasteiger partial charge in [-0.3, -0.25) is 4.90 Å². The Morgan fingerprint density at radius 1 is 1.38 bits per heavy atom. The summed E-state index contributed by atoms with van der Waals surface area (Å²) in [5, 5.41) is 0. The van der Waals surface area contributed by atoms with E-state index >= 15 is 0 Å². The third-order valence-corrected chi connectivity index (χ3v) is 3.77. The third-order valence-electron chi connectivity index (χ3n) is 3.77. The van der Waals surface area contributed by atoms with Gasteiger partial charge < -0.3 is 10.2 Å². The number of nitrogens with zero attached hydrogens (tertiary/aromatic N) is 1. The molecule has 1 rings (SSSR count). The monoisotopic (exact) mass is 224 g/mol. The zero-order valence-electron chi connectivity index (χ0n) is 10.9. The second-order valence-electron chi connectivity index (χ2n) is 4.42. The van der Waals surface area contributed by atoms with Crippen LogP contribution in [0, 0.1) is 0 Å². The molecule has 16 heavy (non-hydrogen) atoms. The molecule has 1 heterocycles. The van der Waals surface area contributed by atoms with Crippen molar-refractivity contribution < 1.29 is 4.42 Å². The summed E-state index contributed by atoms with van der Waals surface area (Å²) in [5.41, 5.74) is 7.45. The van der Waals surface area contributed by atoms with E-state index in [4.69, 9.17) is 10.2 Å². The van der Waals surface area contributed by atoms with Crippen LogP contribution in [0.15, 0.2) is 23.0 Å². The van der Waals surface area contributed by atoms with Gasteiger partial charge in [0.25, 0.3) is 0 Å². The lowest BCUT2D eigenvalue weighted by atomic mass is 9.84. The summed E-state index contributed by atoms with van der Waals surface area (Å²) in [6, 6.07) is 1.96. The molecule has 0 saturated carbocycles. The molecule has 3 nitrogen and oxygen atoms in total. The van der Waals surface area contributed by atoms with Crippen LogP contribution in [0.5, 0.6) is 0 Å². The van der Waals surface area contributed by atoms with E-state index in [9.17, 15) is 0 Å². The summed E-state index contributed by atoms with van der Waals surface area (Å²) in [6.45, 7) is 10.8. The standard InChI is InChI=1S/C13H24N2O/c1-5-13(4,15(6-2)7-3)12(14)11-8-9-16-10-11/h8-10,12H,5-7,14H2,1-4H3. The molecule has 0 radical (unpaired) electrons. The first-order chi connectivity index (χ1) is 7.60. The number of hydrogen-bond donors (Lipinski definition) is 1. The molecule has 3 heteroatoms. The molecular formula is C13H24N2O. The maximum Gasteiger partial charge on any atom is 0.0951 e. The topological polar surface area (TPSA) is 42.4 Å². The van der Waals surface area contributed by atoms with Crippen molar-refractivity contribution in [2.24, 2.45) is 5.73 Å². The van der Waals surface area contributed by atoms with E-state index in [1.807, 2.05) is 6.07 Å². The van der Waals surface area contributed by atoms with Gasteiger partial charge in [-0.1, -0.05) is 20.8 Å². The molecule has 0 aliphatic rings. The minimum Gasteiger partial charge on any atom is -0.472 e. The SMILES string of the molecule is CCN(CC)C(C)(CC)C(N)c1ccoc1. The van der Waals surface area contributed by atoms with Crippen LogP contribution in [0.2, 0.25) is 0 Å². The maximum absolute atomic E-state index is 6.38. The molecule has 1 aromatic heterocycles. The molecule has 0 spiro atoms. The van der Waals surface area contributed by atoms with Gasteiger partial charge in [-0.15, -0.1) is 0 Å². The van der Waals surface area contributed by atoms with Gasteiger partial charge in [0.05, 0.1) is 18.6 Å². The molecule has 0 aromatic carbocycles. The largest absolute Gasteiger partial charge is 0.472 e. The van der Waals surface area contributed by atoms with Crippen LogP contribution in [-0.2, 0) is 0 Å². The second-order valence-corrected chi connectivity index (χ2v) is 4.42. The molecule has 2 N–H and O–H groups in total. The molecule has 2 unspecified atom stereocenters. The first-order valence-electron chi connectivity index (χ1n) is 6.12. The average molecular weight is 224 g/mol. The molecule has 92 valence electrons. The summed E-state index contributed by atoms with van der Waals surface area (Å²) in [7, 11) is 0. The molecule has 0 bridgehead atoms. The van der Waals surface area contributed by atoms with Gasteiger partial charge in [0.2, 0.25) is 0 Å². The van der Waals surface area contributed by atoms with Gasteiger partial charge in [-0.05, 0) is 32.5 Å². The highest BCUT2D eigenvalue weighted by atomic mass is 16.3. The van der Waals surface area contributed by atoms with Crippen molar-refractivity contribution in [1.82, 2.24) is 4.90 Å². The van der Waals surface area contributed by atoms with E-state index in [1.54, 1.807) is 12.5 Å². The highest BCUT2D eigenvalue weighted by Crippen LogP contribution is 2.32. The predicted molar refractivity (Wildman–Crippen MR) is 67.3 cm³/mol. The smallest absolute Gasteiger partial charge is 0.0951 e. The van der Waals surface area contributed by atoms with E-state index in [0.717, 1.165) is 25.1 Å². The number of furan rings is 1. The highest BCUT2D eigenvalue weighted by molar-refractivity contribution is 5.17. The molecular weight excluding hydrogens is 200 g/mol. The van der Waals surface area contributed by atoms with Gasteiger partial charge in [-0.2, -0.15) is 0 Å². The first-order valence-corrected chi connectivity index (χ1v) is 6.12. The zero-order valence-corrected chi connectivity index (χ0v) is 10.9. The fourth-order valence-electron chi connectivity index (χ4n) is 2.40. The van der Waals surface area contributed by atoms with Crippen LogP contribution in [0.4, 0.5) is 0 Å². The summed E-state index contributed by atoms with van der Waals surface area (Å²) in [4.78, 5) is 2.42. The van der Waals surface area contributed by atoms with Gasteiger partial charge in [-0.25, -0.2) is 0 Å². The Kier molecular flexibility index (Phi) is 4.56. The van der Waals surface area contributed by atoms with E-state index < -0.39 is 0 Å². The lowest BCUT2D eigenvalue weighted by Crippen LogP contribution is -2.52. The lowest BCUT2D eigenvalue weighted by Gasteiger charge is -2.44. The first kappa shape index (κ1) is 13.3. The van der Waals surface area contributed by atoms with Crippen LogP contribution in [0.3, 0.4) is 0 Å². The van der Waals surface area contributed by atoms with Crippen molar-refractivity contribution in [3.63, 3.8) is 0 Å². The van der Waals surface area contributed by atoms with Crippen molar-refractivity contribution in [1.29, 1.82) is 0 Å². The Labute approximate surface area is 98.6 Å². The quantitative estimate of drug-likeness (QED) is 0.808. The molecule has 0 fully saturated rings. The van der Waals surface area contributed by atoms with Crippen molar-refractivity contribution in [2.45, 2.75) is 45.7 Å². The number of hydrogen-bond acceptors (Lipinski definition) is 3. The Morgan fingerprint density at radius 2 is 2.00 bits per heavy atom. The molecule has 1 aromatic rings. The summed E-state index contributed by atoms with van der Waals surface area (Å²) >= 11 is 0. The predicted octanol–water partition coefficient (Wildman–Crippen LogP) is 2.79. The van der Waals surface area contributed by atoms with Gasteiger partial charge in [0.15, 0.2) is 0 Å². The fraction of sp³-hybridized carbons (Fsp3) is 0.692. The van der Waals surface area contributed by atoms with E-state index in [1.165, 1.54) is 0 Å². The minimum absolute atomic E-state index is 0.00356. The van der Waals surface area contributed by atoms with Crippen LogP contribution in [0.1, 0.15) is 45.7 Å². The molecule has 0 amide bonds. The highest BCUT2D eigenvalue weighted by Gasteiger charge is 2.35. The third kappa shape index (κ3) is 2.30. The maximum atomic E-state index is 6.38.